The van der Waals surface area contributed by atoms with Crippen LogP contribution >= 0.6 is 23.5 Å². The smallest absolute Gasteiger partial charge is 0.306 e. The van der Waals surface area contributed by atoms with Gasteiger partial charge in [0.25, 0.3) is 0 Å². The molecule has 2 aliphatic heterocycles. The van der Waals surface area contributed by atoms with Crippen molar-refractivity contribution in [3.05, 3.63) is 35.9 Å². The van der Waals surface area contributed by atoms with E-state index in [2.05, 4.69) is 74.6 Å². The van der Waals surface area contributed by atoms with Crippen molar-refractivity contribution in [2.24, 2.45) is 0 Å². The van der Waals surface area contributed by atoms with Crippen molar-refractivity contribution >= 4 is 29.5 Å². The predicted octanol–water partition coefficient (Wildman–Crippen LogP) is 7.97. The standard InChI is InChI=1S/C31H50O5S2/c1-5-31(4,19-22-35-30(2,3)18-21-33-24-26-14-11-20-34-26)36-28(32)16-10-9-15-27-17-23-37-29(38-27)25-12-7-6-8-13-25/h6-8,12-13,26-27,29H,5,9-11,14-24H2,1-4H3. The largest absolute Gasteiger partial charge is 0.459 e. The molecule has 0 spiro atoms. The van der Waals surface area contributed by atoms with Crippen molar-refractivity contribution in [3.8, 4) is 0 Å². The number of carbonyl (C=O) groups is 1. The van der Waals surface area contributed by atoms with Gasteiger partial charge in [-0.15, -0.1) is 23.5 Å². The zero-order valence-electron chi connectivity index (χ0n) is 24.1. The van der Waals surface area contributed by atoms with Crippen LogP contribution in [0.4, 0.5) is 0 Å². The molecule has 1 aromatic rings. The summed E-state index contributed by atoms with van der Waals surface area (Å²) in [5.41, 5.74) is 0.664. The third-order valence-corrected chi connectivity index (χ3v) is 10.8. The Morgan fingerprint density at radius 3 is 2.63 bits per heavy atom. The van der Waals surface area contributed by atoms with Crippen molar-refractivity contribution < 1.29 is 23.7 Å². The van der Waals surface area contributed by atoms with Crippen LogP contribution in [0.2, 0.25) is 0 Å². The average molecular weight is 567 g/mol. The lowest BCUT2D eigenvalue weighted by molar-refractivity contribution is -0.162. The van der Waals surface area contributed by atoms with Crippen LogP contribution in [0.5, 0.6) is 0 Å². The highest BCUT2D eigenvalue weighted by atomic mass is 32.2. The lowest BCUT2D eigenvalue weighted by atomic mass is 9.98. The summed E-state index contributed by atoms with van der Waals surface area (Å²) in [5.74, 6) is 1.14. The summed E-state index contributed by atoms with van der Waals surface area (Å²) in [6.07, 6.45) is 9.71. The molecule has 0 N–H and O–H groups in total. The quantitative estimate of drug-likeness (QED) is 0.140. The Morgan fingerprint density at radius 2 is 1.89 bits per heavy atom. The van der Waals surface area contributed by atoms with E-state index in [1.54, 1.807) is 0 Å². The van der Waals surface area contributed by atoms with E-state index in [1.165, 1.54) is 24.2 Å². The predicted molar refractivity (Wildman–Crippen MR) is 160 cm³/mol. The summed E-state index contributed by atoms with van der Waals surface area (Å²) in [7, 11) is 0. The molecule has 0 aromatic heterocycles. The summed E-state index contributed by atoms with van der Waals surface area (Å²) in [4.78, 5) is 12.7. The second kappa shape index (κ2) is 16.5. The molecule has 0 radical (unpaired) electrons. The molecule has 2 heterocycles. The maximum absolute atomic E-state index is 12.7. The number of thioether (sulfide) groups is 2. The fraction of sp³-hybridized carbons (Fsp3) is 0.774. The molecular weight excluding hydrogens is 516 g/mol. The van der Waals surface area contributed by atoms with Crippen LogP contribution in [-0.4, -0.2) is 60.7 Å². The summed E-state index contributed by atoms with van der Waals surface area (Å²) in [5, 5.41) is 0.681. The number of hydrogen-bond acceptors (Lipinski definition) is 7. The van der Waals surface area contributed by atoms with E-state index < -0.39 is 5.60 Å². The summed E-state index contributed by atoms with van der Waals surface area (Å²) >= 11 is 4.16. The molecule has 1 aromatic carbocycles. The van der Waals surface area contributed by atoms with Crippen LogP contribution in [0, 0.1) is 0 Å². The van der Waals surface area contributed by atoms with Gasteiger partial charge in [0.05, 0.1) is 29.5 Å². The first-order valence-electron chi connectivity index (χ1n) is 14.7. The first kappa shape index (κ1) is 31.8. The van der Waals surface area contributed by atoms with Gasteiger partial charge in [-0.1, -0.05) is 43.7 Å². The Hall–Kier alpha value is -0.730. The molecule has 3 rings (SSSR count). The lowest BCUT2D eigenvalue weighted by Crippen LogP contribution is -2.35. The molecule has 0 saturated carbocycles. The van der Waals surface area contributed by atoms with Gasteiger partial charge in [0.2, 0.25) is 0 Å². The number of rotatable bonds is 17. The summed E-state index contributed by atoms with van der Waals surface area (Å²) in [6.45, 7) is 11.1. The van der Waals surface area contributed by atoms with Gasteiger partial charge in [0.15, 0.2) is 0 Å². The second-order valence-corrected chi connectivity index (χ2v) is 14.4. The molecule has 2 aliphatic rings. The highest BCUT2D eigenvalue weighted by Crippen LogP contribution is 2.48. The van der Waals surface area contributed by atoms with E-state index in [1.807, 2.05) is 6.92 Å². The number of benzene rings is 1. The van der Waals surface area contributed by atoms with Gasteiger partial charge in [0.1, 0.15) is 5.60 Å². The Labute approximate surface area is 239 Å². The van der Waals surface area contributed by atoms with Crippen molar-refractivity contribution in [1.82, 2.24) is 0 Å². The number of ether oxygens (including phenoxy) is 4. The topological polar surface area (TPSA) is 54.0 Å². The molecule has 5 nitrogen and oxygen atoms in total. The number of carbonyl (C=O) groups excluding carboxylic acids is 1. The van der Waals surface area contributed by atoms with Crippen LogP contribution < -0.4 is 0 Å². The molecule has 2 saturated heterocycles. The molecule has 38 heavy (non-hydrogen) atoms. The van der Waals surface area contributed by atoms with Gasteiger partial charge < -0.3 is 18.9 Å². The van der Waals surface area contributed by atoms with Crippen molar-refractivity contribution in [2.75, 3.05) is 32.2 Å². The first-order chi connectivity index (χ1) is 18.3. The number of unbranched alkanes of at least 4 members (excludes halogenated alkanes) is 1. The molecule has 0 bridgehead atoms. The van der Waals surface area contributed by atoms with E-state index in [-0.39, 0.29) is 17.7 Å². The molecule has 0 amide bonds. The van der Waals surface area contributed by atoms with Gasteiger partial charge in [0, 0.05) is 31.3 Å². The number of esters is 1. The highest BCUT2D eigenvalue weighted by Gasteiger charge is 2.29. The van der Waals surface area contributed by atoms with Gasteiger partial charge in [-0.2, -0.15) is 0 Å². The maximum Gasteiger partial charge on any atom is 0.306 e. The molecule has 4 unspecified atom stereocenters. The van der Waals surface area contributed by atoms with E-state index in [9.17, 15) is 4.79 Å². The highest BCUT2D eigenvalue weighted by molar-refractivity contribution is 8.17. The zero-order valence-corrected chi connectivity index (χ0v) is 25.7. The van der Waals surface area contributed by atoms with Crippen LogP contribution in [0.3, 0.4) is 0 Å². The minimum Gasteiger partial charge on any atom is -0.459 e. The van der Waals surface area contributed by atoms with E-state index in [4.69, 9.17) is 18.9 Å². The Kier molecular flexibility index (Phi) is 13.8. The lowest BCUT2D eigenvalue weighted by Gasteiger charge is -2.31. The number of hydrogen-bond donors (Lipinski definition) is 0. The van der Waals surface area contributed by atoms with Gasteiger partial charge in [-0.3, -0.25) is 4.79 Å². The average Bonchev–Trinajstić information content (AvgIpc) is 3.43. The van der Waals surface area contributed by atoms with E-state index in [0.717, 1.165) is 45.1 Å². The third-order valence-electron chi connectivity index (χ3n) is 7.66. The first-order valence-corrected chi connectivity index (χ1v) is 16.6. The Bertz CT molecular complexity index is 799. The molecule has 2 fully saturated rings. The molecule has 7 heteroatoms. The molecular formula is C31H50O5S2. The normalized spacial score (nSPS) is 23.7. The van der Waals surface area contributed by atoms with Crippen molar-refractivity contribution in [1.29, 1.82) is 0 Å². The van der Waals surface area contributed by atoms with Crippen molar-refractivity contribution in [2.45, 2.75) is 119 Å². The van der Waals surface area contributed by atoms with Gasteiger partial charge in [-0.05, 0) is 77.0 Å². The second-order valence-electron chi connectivity index (χ2n) is 11.5. The fourth-order valence-electron chi connectivity index (χ4n) is 4.78. The van der Waals surface area contributed by atoms with Crippen molar-refractivity contribution in [3.63, 3.8) is 0 Å². The summed E-state index contributed by atoms with van der Waals surface area (Å²) in [6, 6.07) is 10.8. The molecule has 216 valence electrons. The maximum atomic E-state index is 12.7. The van der Waals surface area contributed by atoms with E-state index in [0.29, 0.717) is 42.5 Å². The van der Waals surface area contributed by atoms with Crippen LogP contribution in [-0.2, 0) is 23.7 Å². The minimum atomic E-state index is -0.483. The summed E-state index contributed by atoms with van der Waals surface area (Å²) < 4.78 is 24.1. The zero-order chi connectivity index (χ0) is 27.3. The fourth-order valence-corrected chi connectivity index (χ4v) is 8.21. The molecule has 4 atom stereocenters. The van der Waals surface area contributed by atoms with Crippen LogP contribution in [0.1, 0.15) is 102 Å². The third kappa shape index (κ3) is 11.8. The SMILES string of the molecule is CCC(C)(CCOC(C)(C)CCOCC1CCCO1)OC(=O)CCCCC1CCSC(c2ccccc2)S1. The van der Waals surface area contributed by atoms with Gasteiger partial charge in [-0.25, -0.2) is 0 Å². The molecule has 0 aliphatic carbocycles. The minimum absolute atomic E-state index is 0.0786. The van der Waals surface area contributed by atoms with Crippen LogP contribution in [0.15, 0.2) is 30.3 Å². The van der Waals surface area contributed by atoms with Gasteiger partial charge >= 0.3 is 5.97 Å². The van der Waals surface area contributed by atoms with Crippen LogP contribution in [0.25, 0.3) is 0 Å². The Morgan fingerprint density at radius 1 is 1.08 bits per heavy atom. The van der Waals surface area contributed by atoms with E-state index >= 15 is 0 Å². The Balaban J connectivity index is 1.27. The monoisotopic (exact) mass is 566 g/mol.